The van der Waals surface area contributed by atoms with Crippen LogP contribution in [0.5, 0.6) is 0 Å². The molecule has 0 unspecified atom stereocenters. The molecule has 2 aliphatic rings. The van der Waals surface area contributed by atoms with Crippen LogP contribution in [0.1, 0.15) is 29.6 Å². The van der Waals surface area contributed by atoms with Crippen molar-refractivity contribution in [2.45, 2.75) is 19.3 Å². The highest BCUT2D eigenvalue weighted by Crippen LogP contribution is 2.32. The van der Waals surface area contributed by atoms with Crippen molar-refractivity contribution in [1.29, 1.82) is 0 Å². The van der Waals surface area contributed by atoms with E-state index in [2.05, 4.69) is 0 Å². The summed E-state index contributed by atoms with van der Waals surface area (Å²) in [6, 6.07) is 5.57. The molecule has 0 spiro atoms. The molecule has 3 rings (SSSR count). The molecule has 2 fully saturated rings. The van der Waals surface area contributed by atoms with Gasteiger partial charge in [-0.05, 0) is 43.5 Å². The van der Waals surface area contributed by atoms with E-state index >= 15 is 0 Å². The lowest BCUT2D eigenvalue weighted by Crippen LogP contribution is -2.51. The second kappa shape index (κ2) is 8.14. The monoisotopic (exact) mass is 363 g/mol. The maximum absolute atomic E-state index is 13.1. The van der Waals surface area contributed by atoms with Gasteiger partial charge in [0.1, 0.15) is 5.82 Å². The van der Waals surface area contributed by atoms with Gasteiger partial charge in [-0.2, -0.15) is 0 Å². The number of hydrogen-bond acceptors (Lipinski definition) is 4. The summed E-state index contributed by atoms with van der Waals surface area (Å²) in [5.41, 5.74) is 5.88. The maximum Gasteiger partial charge on any atom is 0.253 e. The Balaban J connectivity index is 1.65. The molecule has 2 N–H and O–H groups in total. The second-order valence-corrected chi connectivity index (χ2v) is 7.04. The van der Waals surface area contributed by atoms with E-state index in [0.717, 1.165) is 6.42 Å². The largest absolute Gasteiger partial charge is 0.381 e. The predicted octanol–water partition coefficient (Wildman–Crippen LogP) is 1.26. The van der Waals surface area contributed by atoms with Gasteiger partial charge in [-0.1, -0.05) is 0 Å². The third kappa shape index (κ3) is 3.88. The molecular weight excluding hydrogens is 337 g/mol. The number of halogens is 1. The number of benzene rings is 1. The van der Waals surface area contributed by atoms with E-state index in [-0.39, 0.29) is 17.6 Å². The first-order valence-corrected chi connectivity index (χ1v) is 9.18. The molecule has 2 amide bonds. The maximum atomic E-state index is 13.1. The molecule has 0 bridgehead atoms. The smallest absolute Gasteiger partial charge is 0.253 e. The first-order chi connectivity index (χ1) is 12.6. The van der Waals surface area contributed by atoms with Crippen LogP contribution in [-0.2, 0) is 9.53 Å². The van der Waals surface area contributed by atoms with Gasteiger partial charge in [-0.25, -0.2) is 4.39 Å². The lowest BCUT2D eigenvalue weighted by molar-refractivity contribution is -0.147. The predicted molar refractivity (Wildman–Crippen MR) is 95.0 cm³/mol. The topological polar surface area (TPSA) is 75.9 Å². The van der Waals surface area contributed by atoms with E-state index in [1.807, 2.05) is 4.90 Å². The Morgan fingerprint density at radius 1 is 1.04 bits per heavy atom. The van der Waals surface area contributed by atoms with Gasteiger partial charge in [0.25, 0.3) is 5.91 Å². The summed E-state index contributed by atoms with van der Waals surface area (Å²) in [7, 11) is 0. The van der Waals surface area contributed by atoms with Gasteiger partial charge >= 0.3 is 0 Å². The highest BCUT2D eigenvalue weighted by Gasteiger charge is 2.41. The average molecular weight is 363 g/mol. The fourth-order valence-corrected chi connectivity index (χ4v) is 3.70. The van der Waals surface area contributed by atoms with Crippen LogP contribution < -0.4 is 5.73 Å². The number of rotatable bonds is 3. The van der Waals surface area contributed by atoms with E-state index < -0.39 is 5.41 Å². The Hall–Kier alpha value is -1.99. The first kappa shape index (κ1) is 18.8. The Labute approximate surface area is 153 Å². The van der Waals surface area contributed by atoms with E-state index in [4.69, 9.17) is 10.5 Å². The number of nitrogens with zero attached hydrogens (tertiary/aromatic N) is 2. The molecule has 1 aromatic rings. The minimum Gasteiger partial charge on any atom is -0.381 e. The van der Waals surface area contributed by atoms with Gasteiger partial charge in [0.05, 0.1) is 5.41 Å². The van der Waals surface area contributed by atoms with Crippen molar-refractivity contribution >= 4 is 11.8 Å². The van der Waals surface area contributed by atoms with Gasteiger partial charge < -0.3 is 20.3 Å². The van der Waals surface area contributed by atoms with E-state index in [0.29, 0.717) is 64.3 Å². The van der Waals surface area contributed by atoms with Crippen LogP contribution in [0.4, 0.5) is 4.39 Å². The number of carbonyl (C=O) groups is 2. The van der Waals surface area contributed by atoms with E-state index in [1.54, 1.807) is 4.90 Å². The van der Waals surface area contributed by atoms with Crippen LogP contribution >= 0.6 is 0 Å². The fourth-order valence-electron chi connectivity index (χ4n) is 3.70. The lowest BCUT2D eigenvalue weighted by atomic mass is 9.79. The van der Waals surface area contributed by atoms with E-state index in [1.165, 1.54) is 24.3 Å². The van der Waals surface area contributed by atoms with Crippen molar-refractivity contribution < 1.29 is 18.7 Å². The molecule has 6 nitrogen and oxygen atoms in total. The molecule has 2 saturated heterocycles. The van der Waals surface area contributed by atoms with Crippen molar-refractivity contribution in [2.24, 2.45) is 11.1 Å². The van der Waals surface area contributed by atoms with Crippen LogP contribution in [0, 0.1) is 11.2 Å². The van der Waals surface area contributed by atoms with Crippen LogP contribution in [0.15, 0.2) is 24.3 Å². The Morgan fingerprint density at radius 3 is 2.31 bits per heavy atom. The van der Waals surface area contributed by atoms with Crippen molar-refractivity contribution in [3.8, 4) is 0 Å². The summed E-state index contributed by atoms with van der Waals surface area (Å²) < 4.78 is 18.4. The van der Waals surface area contributed by atoms with Gasteiger partial charge in [0.2, 0.25) is 5.91 Å². The van der Waals surface area contributed by atoms with Crippen LogP contribution in [-0.4, -0.2) is 67.6 Å². The summed E-state index contributed by atoms with van der Waals surface area (Å²) in [4.78, 5) is 29.3. The quantitative estimate of drug-likeness (QED) is 0.877. The molecule has 142 valence electrons. The molecule has 0 radical (unpaired) electrons. The minimum absolute atomic E-state index is 0.0828. The molecule has 0 aliphatic carbocycles. The number of amides is 2. The van der Waals surface area contributed by atoms with Crippen LogP contribution in [0.2, 0.25) is 0 Å². The van der Waals surface area contributed by atoms with Crippen molar-refractivity contribution in [3.63, 3.8) is 0 Å². The summed E-state index contributed by atoms with van der Waals surface area (Å²) in [5, 5.41) is 0. The third-order valence-corrected chi connectivity index (χ3v) is 5.46. The normalized spacial score (nSPS) is 20.5. The summed E-state index contributed by atoms with van der Waals surface area (Å²) in [5.74, 6) is -0.406. The Bertz CT molecular complexity index is 644. The van der Waals surface area contributed by atoms with Crippen molar-refractivity contribution in [3.05, 3.63) is 35.6 Å². The zero-order valence-corrected chi connectivity index (χ0v) is 15.0. The standard InChI is InChI=1S/C19H26FN3O3/c20-16-4-2-15(3-5-16)17(24)22-8-1-9-23(11-10-22)18(25)19(14-21)6-12-26-13-7-19/h2-5H,1,6-14,21H2. The number of ether oxygens (including phenoxy) is 1. The zero-order valence-electron chi connectivity index (χ0n) is 15.0. The SMILES string of the molecule is NCC1(C(=O)N2CCCN(C(=O)c3ccc(F)cc3)CC2)CCOCC1. The average Bonchev–Trinajstić information content (AvgIpc) is 2.94. The van der Waals surface area contributed by atoms with Gasteiger partial charge in [-0.3, -0.25) is 9.59 Å². The van der Waals surface area contributed by atoms with Crippen LogP contribution in [0.3, 0.4) is 0 Å². The Kier molecular flexibility index (Phi) is 5.88. The first-order valence-electron chi connectivity index (χ1n) is 9.18. The molecule has 2 heterocycles. The highest BCUT2D eigenvalue weighted by molar-refractivity contribution is 5.94. The highest BCUT2D eigenvalue weighted by atomic mass is 19.1. The van der Waals surface area contributed by atoms with Crippen LogP contribution in [0.25, 0.3) is 0 Å². The second-order valence-electron chi connectivity index (χ2n) is 7.04. The van der Waals surface area contributed by atoms with E-state index in [9.17, 15) is 14.0 Å². The lowest BCUT2D eigenvalue weighted by Gasteiger charge is -2.38. The molecule has 26 heavy (non-hydrogen) atoms. The van der Waals surface area contributed by atoms with Gasteiger partial charge in [0, 0.05) is 51.5 Å². The van der Waals surface area contributed by atoms with Crippen molar-refractivity contribution in [1.82, 2.24) is 9.80 Å². The molecule has 7 heteroatoms. The number of hydrogen-bond donors (Lipinski definition) is 1. The molecule has 0 atom stereocenters. The van der Waals surface area contributed by atoms with Gasteiger partial charge in [-0.15, -0.1) is 0 Å². The van der Waals surface area contributed by atoms with Gasteiger partial charge in [0.15, 0.2) is 0 Å². The molecule has 0 saturated carbocycles. The molecular formula is C19H26FN3O3. The zero-order chi connectivity index (χ0) is 18.6. The molecule has 2 aliphatic heterocycles. The number of carbonyl (C=O) groups excluding carboxylic acids is 2. The summed E-state index contributed by atoms with van der Waals surface area (Å²) in [6.07, 6.45) is 2.02. The summed E-state index contributed by atoms with van der Waals surface area (Å²) in [6.45, 7) is 3.61. The Morgan fingerprint density at radius 2 is 1.65 bits per heavy atom. The van der Waals surface area contributed by atoms with Crippen molar-refractivity contribution in [2.75, 3.05) is 45.9 Å². The summed E-state index contributed by atoms with van der Waals surface area (Å²) >= 11 is 0. The molecule has 0 aromatic heterocycles. The number of nitrogens with two attached hydrogens (primary N) is 1. The fraction of sp³-hybridized carbons (Fsp3) is 0.579. The minimum atomic E-state index is -0.533. The molecule has 1 aromatic carbocycles. The third-order valence-electron chi connectivity index (χ3n) is 5.46.